The maximum atomic E-state index is 11.3. The third-order valence-corrected chi connectivity index (χ3v) is 2.34. The average molecular weight is 180 g/mol. The standard InChI is InChI=1S/C9H12N2O2/c1-6-4-11(5-7-2-3-7)9(13)10-8(6)12/h4,7H,2-3,5H2,1H3,(H,10,12,13). The molecule has 0 spiro atoms. The fraction of sp³-hybridized carbons (Fsp3) is 0.556. The van der Waals surface area contributed by atoms with E-state index >= 15 is 0 Å². The second-order valence-corrected chi connectivity index (χ2v) is 3.67. The van der Waals surface area contributed by atoms with E-state index in [1.807, 2.05) is 0 Å². The van der Waals surface area contributed by atoms with Crippen LogP contribution in [0.2, 0.25) is 0 Å². The van der Waals surface area contributed by atoms with Crippen LogP contribution < -0.4 is 11.2 Å². The maximum Gasteiger partial charge on any atom is 0.328 e. The normalized spacial score (nSPS) is 16.1. The quantitative estimate of drug-likeness (QED) is 0.709. The largest absolute Gasteiger partial charge is 0.328 e. The van der Waals surface area contributed by atoms with Crippen molar-refractivity contribution in [2.24, 2.45) is 5.92 Å². The van der Waals surface area contributed by atoms with Gasteiger partial charge in [-0.3, -0.25) is 9.78 Å². The van der Waals surface area contributed by atoms with Crippen LogP contribution >= 0.6 is 0 Å². The van der Waals surface area contributed by atoms with E-state index < -0.39 is 0 Å². The third-order valence-electron chi connectivity index (χ3n) is 2.34. The molecule has 1 heterocycles. The Kier molecular flexibility index (Phi) is 1.83. The summed E-state index contributed by atoms with van der Waals surface area (Å²) < 4.78 is 1.59. The van der Waals surface area contributed by atoms with Gasteiger partial charge in [0.2, 0.25) is 0 Å². The van der Waals surface area contributed by atoms with E-state index in [1.165, 1.54) is 12.8 Å². The van der Waals surface area contributed by atoms with Crippen LogP contribution in [0, 0.1) is 12.8 Å². The summed E-state index contributed by atoms with van der Waals surface area (Å²) in [7, 11) is 0. The number of aromatic amines is 1. The van der Waals surface area contributed by atoms with Crippen LogP contribution in [0.3, 0.4) is 0 Å². The summed E-state index contributed by atoms with van der Waals surface area (Å²) in [6.45, 7) is 2.46. The Balaban J connectivity index is 2.38. The molecule has 1 aliphatic carbocycles. The number of rotatable bonds is 2. The number of hydrogen-bond acceptors (Lipinski definition) is 2. The Hall–Kier alpha value is -1.32. The molecule has 0 aromatic carbocycles. The molecule has 1 aliphatic rings. The van der Waals surface area contributed by atoms with Crippen molar-refractivity contribution in [3.8, 4) is 0 Å². The van der Waals surface area contributed by atoms with Crippen molar-refractivity contribution in [2.75, 3.05) is 0 Å². The first kappa shape index (κ1) is 8.29. The molecule has 1 N–H and O–H groups in total. The molecule has 0 amide bonds. The predicted molar refractivity (Wildman–Crippen MR) is 48.8 cm³/mol. The summed E-state index contributed by atoms with van der Waals surface area (Å²) >= 11 is 0. The first-order valence-corrected chi connectivity index (χ1v) is 4.47. The number of aromatic nitrogens is 2. The summed E-state index contributed by atoms with van der Waals surface area (Å²) in [4.78, 5) is 24.6. The van der Waals surface area contributed by atoms with E-state index in [0.717, 1.165) is 6.54 Å². The zero-order valence-corrected chi connectivity index (χ0v) is 7.54. The van der Waals surface area contributed by atoms with Crippen molar-refractivity contribution in [1.82, 2.24) is 9.55 Å². The Morgan fingerprint density at radius 1 is 1.54 bits per heavy atom. The second-order valence-electron chi connectivity index (χ2n) is 3.67. The summed E-state index contributed by atoms with van der Waals surface area (Å²) in [6, 6.07) is 0. The molecule has 0 bridgehead atoms. The fourth-order valence-electron chi connectivity index (χ4n) is 1.33. The number of nitrogens with one attached hydrogen (secondary N) is 1. The minimum absolute atomic E-state index is 0.281. The van der Waals surface area contributed by atoms with Gasteiger partial charge in [0.1, 0.15) is 0 Å². The molecule has 1 aromatic heterocycles. The topological polar surface area (TPSA) is 54.9 Å². The van der Waals surface area contributed by atoms with Crippen molar-refractivity contribution < 1.29 is 0 Å². The van der Waals surface area contributed by atoms with Crippen LogP contribution in [0.4, 0.5) is 0 Å². The van der Waals surface area contributed by atoms with E-state index in [2.05, 4.69) is 4.98 Å². The lowest BCUT2D eigenvalue weighted by Crippen LogP contribution is -2.31. The highest BCUT2D eigenvalue weighted by Crippen LogP contribution is 2.29. The zero-order valence-electron chi connectivity index (χ0n) is 7.54. The molecule has 70 valence electrons. The van der Waals surface area contributed by atoms with E-state index in [4.69, 9.17) is 0 Å². The van der Waals surface area contributed by atoms with Gasteiger partial charge in [0.25, 0.3) is 5.56 Å². The van der Waals surface area contributed by atoms with Crippen molar-refractivity contribution >= 4 is 0 Å². The van der Waals surface area contributed by atoms with Gasteiger partial charge in [0.15, 0.2) is 0 Å². The van der Waals surface area contributed by atoms with Gasteiger partial charge in [-0.25, -0.2) is 4.79 Å². The second kappa shape index (κ2) is 2.87. The third kappa shape index (κ3) is 1.71. The van der Waals surface area contributed by atoms with E-state index in [0.29, 0.717) is 11.5 Å². The number of aryl methyl sites for hydroxylation is 1. The first-order chi connectivity index (χ1) is 6.16. The summed E-state index contributed by atoms with van der Waals surface area (Å²) in [6.07, 6.45) is 4.04. The molecule has 1 fully saturated rings. The van der Waals surface area contributed by atoms with Gasteiger partial charge in [-0.2, -0.15) is 0 Å². The van der Waals surface area contributed by atoms with Gasteiger partial charge < -0.3 is 4.57 Å². The number of H-pyrrole nitrogens is 1. The molecule has 4 heteroatoms. The highest BCUT2D eigenvalue weighted by atomic mass is 16.2. The van der Waals surface area contributed by atoms with Gasteiger partial charge in [-0.15, -0.1) is 0 Å². The fourth-order valence-corrected chi connectivity index (χ4v) is 1.33. The van der Waals surface area contributed by atoms with Gasteiger partial charge >= 0.3 is 5.69 Å². The molecule has 4 nitrogen and oxygen atoms in total. The molecule has 2 rings (SSSR count). The van der Waals surface area contributed by atoms with Crippen LogP contribution in [0.1, 0.15) is 18.4 Å². The summed E-state index contributed by atoms with van der Waals surface area (Å²) in [5.74, 6) is 0.642. The van der Waals surface area contributed by atoms with Crippen LogP contribution in [0.15, 0.2) is 15.8 Å². The average Bonchev–Trinajstić information content (AvgIpc) is 2.84. The smallest absolute Gasteiger partial charge is 0.300 e. The maximum absolute atomic E-state index is 11.3. The molecule has 0 aliphatic heterocycles. The van der Waals surface area contributed by atoms with Crippen molar-refractivity contribution in [1.29, 1.82) is 0 Å². The molecule has 0 saturated heterocycles. The molecule has 1 saturated carbocycles. The van der Waals surface area contributed by atoms with Crippen LogP contribution in [0.25, 0.3) is 0 Å². The van der Waals surface area contributed by atoms with E-state index in [9.17, 15) is 9.59 Å². The highest BCUT2D eigenvalue weighted by Gasteiger charge is 2.22. The minimum Gasteiger partial charge on any atom is -0.300 e. The molecule has 13 heavy (non-hydrogen) atoms. The lowest BCUT2D eigenvalue weighted by atomic mass is 10.3. The lowest BCUT2D eigenvalue weighted by Gasteiger charge is -2.03. The summed E-state index contributed by atoms with van der Waals surface area (Å²) in [5.41, 5.74) is 0.0276. The number of hydrogen-bond donors (Lipinski definition) is 1. The Morgan fingerprint density at radius 2 is 2.23 bits per heavy atom. The Labute approximate surface area is 75.2 Å². The van der Waals surface area contributed by atoms with Gasteiger partial charge in [0.05, 0.1) is 0 Å². The molecule has 0 atom stereocenters. The molecule has 0 unspecified atom stereocenters. The van der Waals surface area contributed by atoms with Crippen LogP contribution in [-0.2, 0) is 6.54 Å². The van der Waals surface area contributed by atoms with Gasteiger partial charge in [-0.05, 0) is 25.7 Å². The molecule has 1 aromatic rings. The van der Waals surface area contributed by atoms with Crippen molar-refractivity contribution in [3.63, 3.8) is 0 Å². The molecular weight excluding hydrogens is 168 g/mol. The predicted octanol–water partition coefficient (Wildman–Crippen LogP) is 0.255. The summed E-state index contributed by atoms with van der Waals surface area (Å²) in [5, 5.41) is 0. The van der Waals surface area contributed by atoms with Crippen molar-refractivity contribution in [3.05, 3.63) is 32.6 Å². The number of nitrogens with zero attached hydrogens (tertiary/aromatic N) is 1. The first-order valence-electron chi connectivity index (χ1n) is 4.47. The SMILES string of the molecule is Cc1cn(CC2CC2)c(=O)[nH]c1=O. The van der Waals surface area contributed by atoms with Crippen LogP contribution in [-0.4, -0.2) is 9.55 Å². The Morgan fingerprint density at radius 3 is 2.85 bits per heavy atom. The molecular formula is C9H12N2O2. The Bertz CT molecular complexity index is 426. The van der Waals surface area contributed by atoms with Gasteiger partial charge in [-0.1, -0.05) is 0 Å². The van der Waals surface area contributed by atoms with Crippen LogP contribution in [0.5, 0.6) is 0 Å². The monoisotopic (exact) mass is 180 g/mol. The zero-order chi connectivity index (χ0) is 9.42. The van der Waals surface area contributed by atoms with E-state index in [-0.39, 0.29) is 11.2 Å². The minimum atomic E-state index is -0.289. The van der Waals surface area contributed by atoms with E-state index in [1.54, 1.807) is 17.7 Å². The highest BCUT2D eigenvalue weighted by molar-refractivity contribution is 5.01. The van der Waals surface area contributed by atoms with Crippen molar-refractivity contribution in [2.45, 2.75) is 26.3 Å². The van der Waals surface area contributed by atoms with Gasteiger partial charge in [0, 0.05) is 18.3 Å². The molecule has 0 radical (unpaired) electrons. The lowest BCUT2D eigenvalue weighted by molar-refractivity contribution is 0.586.